The Morgan fingerprint density at radius 3 is 1.04 bits per heavy atom. The van der Waals surface area contributed by atoms with Crippen LogP contribution in [0.3, 0.4) is 0 Å². The zero-order valence-electron chi connectivity index (χ0n) is 40.5. The second-order valence-corrected chi connectivity index (χ2v) is 17.7. The van der Waals surface area contributed by atoms with Crippen molar-refractivity contribution in [3.63, 3.8) is 0 Å². The van der Waals surface area contributed by atoms with E-state index >= 15 is 0 Å². The van der Waals surface area contributed by atoms with E-state index in [4.69, 9.17) is 28.9 Å². The van der Waals surface area contributed by atoms with Gasteiger partial charge in [0.05, 0.1) is 48.7 Å². The molecule has 0 radical (unpaired) electrons. The van der Waals surface area contributed by atoms with Crippen molar-refractivity contribution < 1.29 is 34.3 Å². The molecule has 9 rings (SSSR count). The molecule has 2 aliphatic heterocycles. The molecule has 8 bridgehead atoms. The molecule has 11 nitrogen and oxygen atoms in total. The molecular formula is C60H62N4O7. The molecule has 2 aliphatic rings. The third-order valence-corrected chi connectivity index (χ3v) is 12.7. The molecule has 5 heterocycles. The number of ether oxygens (including phenoxy) is 4. The fourth-order valence-electron chi connectivity index (χ4n) is 9.34. The van der Waals surface area contributed by atoms with Gasteiger partial charge < -0.3 is 44.2 Å². The highest BCUT2D eigenvalue weighted by Crippen LogP contribution is 2.40. The first-order valence-corrected chi connectivity index (χ1v) is 24.9. The highest BCUT2D eigenvalue weighted by atomic mass is 16.5. The number of aliphatic hydroxyl groups excluding tert-OH is 3. The Morgan fingerprint density at radius 2 is 0.732 bits per heavy atom. The summed E-state index contributed by atoms with van der Waals surface area (Å²) in [6.07, 6.45) is 16.4. The van der Waals surface area contributed by atoms with Crippen molar-refractivity contribution in [3.05, 3.63) is 144 Å². The average molecular weight is 951 g/mol. The summed E-state index contributed by atoms with van der Waals surface area (Å²) in [6, 6.07) is 40.4. The van der Waals surface area contributed by atoms with Crippen LogP contribution in [0.2, 0.25) is 0 Å². The first kappa shape index (κ1) is 48.6. The number of aliphatic hydroxyl groups is 3. The average Bonchev–Trinajstić information content (AvgIpc) is 4.26. The van der Waals surface area contributed by atoms with Crippen molar-refractivity contribution in [2.75, 3.05) is 39.6 Å². The number of nitrogens with one attached hydrogen (secondary N) is 2. The standard InChI is InChI=1S/C60H62N4O7/c1-3-5-6-7-9-47(8-4-2)71-48-24-16-43(17-25-48)60-55-32-30-53(63-55)58(41-12-20-45(21-13-41)69-38-35-66)51-28-26-49(61-51)57(40-10-18-44(19-11-40)68-37-34-65)50-27-29-52(62-50)59(54-31-33-56(60)64-54)42-14-22-46(23-15-42)70-39-36-67/h10-33,47,61,64-67H,3-9,34-39H2,1-2H3. The molecule has 1 unspecified atom stereocenters. The quantitative estimate of drug-likeness (QED) is 0.0418. The lowest BCUT2D eigenvalue weighted by atomic mass is 10.0. The molecule has 0 saturated heterocycles. The lowest BCUT2D eigenvalue weighted by Crippen LogP contribution is -2.16. The first-order valence-electron chi connectivity index (χ1n) is 24.9. The van der Waals surface area contributed by atoms with Gasteiger partial charge in [0, 0.05) is 44.3 Å². The van der Waals surface area contributed by atoms with Crippen LogP contribution < -0.4 is 18.9 Å². The Balaban J connectivity index is 1.29. The number of nitrogens with zero attached hydrogens (tertiary/aromatic N) is 2. The van der Waals surface area contributed by atoms with Crippen LogP contribution in [-0.4, -0.2) is 81.0 Å². The number of aromatic nitrogens is 4. The number of aromatic amines is 2. The zero-order valence-corrected chi connectivity index (χ0v) is 40.5. The second kappa shape index (κ2) is 23.4. The SMILES string of the molecule is CCCCCCC(CCC)Oc1ccc(-c2c3nc(c(-c4ccc(OCCO)cc4)c4ccc([nH]4)c(-c4ccc(OCCO)cc4)c4nc(c(-c5ccc(OCCO)cc5)c5ccc2[nH]5)C=C4)C=C3)cc1. The summed E-state index contributed by atoms with van der Waals surface area (Å²) < 4.78 is 24.0. The van der Waals surface area contributed by atoms with E-state index in [-0.39, 0.29) is 45.7 Å². The van der Waals surface area contributed by atoms with E-state index in [1.54, 1.807) is 0 Å². The highest BCUT2D eigenvalue weighted by molar-refractivity contribution is 6.00. The van der Waals surface area contributed by atoms with Crippen molar-refractivity contribution in [2.45, 2.75) is 64.9 Å². The Hall–Kier alpha value is -7.44. The van der Waals surface area contributed by atoms with Crippen LogP contribution in [0.25, 0.3) is 90.9 Å². The molecular weight excluding hydrogens is 889 g/mol. The van der Waals surface area contributed by atoms with E-state index in [9.17, 15) is 15.3 Å². The highest BCUT2D eigenvalue weighted by Gasteiger charge is 2.20. The van der Waals surface area contributed by atoms with Crippen LogP contribution in [0.5, 0.6) is 23.0 Å². The summed E-state index contributed by atoms with van der Waals surface area (Å²) >= 11 is 0. The van der Waals surface area contributed by atoms with Gasteiger partial charge in [-0.1, -0.05) is 88.1 Å². The van der Waals surface area contributed by atoms with Crippen LogP contribution in [-0.2, 0) is 0 Å². The second-order valence-electron chi connectivity index (χ2n) is 17.7. The largest absolute Gasteiger partial charge is 0.491 e. The maximum absolute atomic E-state index is 9.45. The fraction of sp³-hybridized carbons (Fsp3) is 0.267. The molecule has 0 amide bonds. The lowest BCUT2D eigenvalue weighted by molar-refractivity contribution is 0.176. The minimum Gasteiger partial charge on any atom is -0.491 e. The fourth-order valence-corrected chi connectivity index (χ4v) is 9.34. The molecule has 7 aromatic rings. The van der Waals surface area contributed by atoms with Gasteiger partial charge in [-0.3, -0.25) is 0 Å². The van der Waals surface area contributed by atoms with Crippen LogP contribution in [0.15, 0.2) is 121 Å². The number of hydrogen-bond acceptors (Lipinski definition) is 9. The van der Waals surface area contributed by atoms with E-state index < -0.39 is 0 Å². The molecule has 3 aromatic heterocycles. The van der Waals surface area contributed by atoms with E-state index in [2.05, 4.69) is 96.7 Å². The maximum Gasteiger partial charge on any atom is 0.119 e. The van der Waals surface area contributed by atoms with Gasteiger partial charge >= 0.3 is 0 Å². The normalized spacial score (nSPS) is 12.3. The van der Waals surface area contributed by atoms with Gasteiger partial charge in [0.1, 0.15) is 42.8 Å². The van der Waals surface area contributed by atoms with E-state index in [0.717, 1.165) is 121 Å². The van der Waals surface area contributed by atoms with Crippen molar-refractivity contribution in [2.24, 2.45) is 0 Å². The van der Waals surface area contributed by atoms with E-state index in [1.165, 1.54) is 19.3 Å². The number of fused-ring (bicyclic) bond motifs is 8. The summed E-state index contributed by atoms with van der Waals surface area (Å²) in [7, 11) is 0. The predicted octanol–water partition coefficient (Wildman–Crippen LogP) is 13.0. The van der Waals surface area contributed by atoms with Crippen molar-refractivity contribution in [3.8, 4) is 67.5 Å². The topological polar surface area (TPSA) is 155 Å². The summed E-state index contributed by atoms with van der Waals surface area (Å²) in [6.45, 7) is 4.82. The van der Waals surface area contributed by atoms with Gasteiger partial charge in [-0.25, -0.2) is 9.97 Å². The Bertz CT molecular complexity index is 3070. The van der Waals surface area contributed by atoms with Gasteiger partial charge in [-0.2, -0.15) is 0 Å². The van der Waals surface area contributed by atoms with E-state index in [0.29, 0.717) is 17.2 Å². The van der Waals surface area contributed by atoms with Gasteiger partial charge in [-0.15, -0.1) is 0 Å². The molecule has 1 atom stereocenters. The maximum atomic E-state index is 9.45. The molecule has 0 fully saturated rings. The third-order valence-electron chi connectivity index (χ3n) is 12.7. The van der Waals surface area contributed by atoms with E-state index in [1.807, 2.05) is 72.8 Å². The smallest absolute Gasteiger partial charge is 0.119 e. The molecule has 0 aliphatic carbocycles. The number of rotatable bonds is 22. The van der Waals surface area contributed by atoms with Gasteiger partial charge in [0.25, 0.3) is 0 Å². The van der Waals surface area contributed by atoms with Crippen LogP contribution >= 0.6 is 0 Å². The lowest BCUT2D eigenvalue weighted by Gasteiger charge is -2.19. The summed E-state index contributed by atoms with van der Waals surface area (Å²) in [5, 5.41) is 28.3. The summed E-state index contributed by atoms with van der Waals surface area (Å²) in [5.74, 6) is 2.82. The van der Waals surface area contributed by atoms with Crippen molar-refractivity contribution in [1.29, 1.82) is 0 Å². The third kappa shape index (κ3) is 11.4. The van der Waals surface area contributed by atoms with Crippen LogP contribution in [0, 0.1) is 0 Å². The number of hydrogen-bond donors (Lipinski definition) is 5. The molecule has 0 saturated carbocycles. The molecule has 5 N–H and O–H groups in total. The molecule has 0 spiro atoms. The Kier molecular flexibility index (Phi) is 16.0. The molecule has 11 heteroatoms. The van der Waals surface area contributed by atoms with Crippen molar-refractivity contribution >= 4 is 46.4 Å². The molecule has 4 aromatic carbocycles. The van der Waals surface area contributed by atoms with Crippen molar-refractivity contribution in [1.82, 2.24) is 19.9 Å². The van der Waals surface area contributed by atoms with Gasteiger partial charge in [0.2, 0.25) is 0 Å². The first-order chi connectivity index (χ1) is 35.0. The number of H-pyrrole nitrogens is 2. The summed E-state index contributed by atoms with van der Waals surface area (Å²) in [5.41, 5.74) is 13.9. The summed E-state index contributed by atoms with van der Waals surface area (Å²) in [4.78, 5) is 18.5. The number of unbranched alkanes of at least 4 members (excludes halogenated alkanes) is 3. The molecule has 364 valence electrons. The van der Waals surface area contributed by atoms with Gasteiger partial charge in [0.15, 0.2) is 0 Å². The molecule has 71 heavy (non-hydrogen) atoms. The van der Waals surface area contributed by atoms with Gasteiger partial charge in [-0.05, 0) is 139 Å². The monoisotopic (exact) mass is 950 g/mol. The predicted molar refractivity (Wildman–Crippen MR) is 286 cm³/mol. The van der Waals surface area contributed by atoms with Crippen LogP contribution in [0.1, 0.15) is 81.6 Å². The minimum absolute atomic E-state index is 0.0784. The zero-order chi connectivity index (χ0) is 48.9. The van der Waals surface area contributed by atoms with Crippen LogP contribution in [0.4, 0.5) is 0 Å². The number of benzene rings is 4. The Morgan fingerprint density at radius 1 is 0.394 bits per heavy atom. The Labute approximate surface area is 415 Å². The minimum atomic E-state index is -0.0815.